The molecule has 0 saturated carbocycles. The largest absolute Gasteiger partial charge is 0.162 e. The molecule has 0 bridgehead atoms. The van der Waals surface area contributed by atoms with E-state index in [9.17, 15) is 0 Å². The predicted octanol–water partition coefficient (Wildman–Crippen LogP) is 1.79. The first-order valence-corrected chi connectivity index (χ1v) is 2.76. The van der Waals surface area contributed by atoms with E-state index in [1.165, 1.54) is 0 Å². The van der Waals surface area contributed by atoms with E-state index in [4.69, 9.17) is 0 Å². The van der Waals surface area contributed by atoms with E-state index in [1.807, 2.05) is 6.92 Å². The Morgan fingerprint density at radius 1 is 1.67 bits per heavy atom. The van der Waals surface area contributed by atoms with Gasteiger partial charge in [0.25, 0.3) is 0 Å². The minimum absolute atomic E-state index is 0.319. The topological polar surface area (TPSA) is 0 Å². The lowest BCUT2D eigenvalue weighted by Gasteiger charge is -2.10. The lowest BCUT2D eigenvalue weighted by Crippen LogP contribution is -2.02. The minimum atomic E-state index is -0.319. The maximum atomic E-state index is 4.01. The molecule has 0 atom stereocenters. The summed E-state index contributed by atoms with van der Waals surface area (Å²) in [5.74, 6) is 0. The van der Waals surface area contributed by atoms with Crippen molar-refractivity contribution in [2.75, 3.05) is 0 Å². The predicted molar refractivity (Wildman–Crippen MR) is 36.4 cm³/mol. The lowest BCUT2D eigenvalue weighted by molar-refractivity contribution is 0.931. The molecule has 0 rings (SSSR count). The molecular formula is C4H9S2. The molecule has 0 fully saturated rings. The molecule has 0 unspecified atom stereocenters. The van der Waals surface area contributed by atoms with Gasteiger partial charge in [0.05, 0.1) is 4.08 Å². The van der Waals surface area contributed by atoms with Crippen LogP contribution in [0.3, 0.4) is 0 Å². The van der Waals surface area contributed by atoms with Gasteiger partial charge in [-0.05, 0) is 13.3 Å². The van der Waals surface area contributed by atoms with Gasteiger partial charge >= 0.3 is 0 Å². The Balaban J connectivity index is 3.17. The summed E-state index contributed by atoms with van der Waals surface area (Å²) in [6.45, 7) is 5.61. The van der Waals surface area contributed by atoms with Crippen molar-refractivity contribution >= 4 is 25.3 Å². The van der Waals surface area contributed by atoms with Crippen LogP contribution in [-0.2, 0) is 0 Å². The molecule has 6 heavy (non-hydrogen) atoms. The Morgan fingerprint density at radius 3 is 1.83 bits per heavy atom. The third-order valence-corrected chi connectivity index (χ3v) is 1.20. The molecule has 0 N–H and O–H groups in total. The van der Waals surface area contributed by atoms with Gasteiger partial charge in [-0.3, -0.25) is 0 Å². The van der Waals surface area contributed by atoms with Crippen molar-refractivity contribution in [3.05, 3.63) is 6.92 Å². The van der Waals surface area contributed by atoms with E-state index in [0.29, 0.717) is 0 Å². The van der Waals surface area contributed by atoms with Crippen molar-refractivity contribution < 1.29 is 0 Å². The van der Waals surface area contributed by atoms with Crippen molar-refractivity contribution in [1.29, 1.82) is 0 Å². The molecule has 0 nitrogen and oxygen atoms in total. The number of rotatable bonds is 1. The summed E-state index contributed by atoms with van der Waals surface area (Å²) in [6.07, 6.45) is 0.888. The molecule has 2 heteroatoms. The van der Waals surface area contributed by atoms with Gasteiger partial charge in [0.15, 0.2) is 0 Å². The van der Waals surface area contributed by atoms with Crippen molar-refractivity contribution in [1.82, 2.24) is 0 Å². The molecule has 0 aromatic rings. The molecule has 0 heterocycles. The number of thiol groups is 2. The van der Waals surface area contributed by atoms with Crippen LogP contribution in [0.15, 0.2) is 0 Å². The molecule has 0 aliphatic heterocycles. The molecule has 0 aromatic carbocycles. The first kappa shape index (κ1) is 6.70. The summed E-state index contributed by atoms with van der Waals surface area (Å²) in [5.41, 5.74) is 0. The highest BCUT2D eigenvalue weighted by Gasteiger charge is 2.06. The minimum Gasteiger partial charge on any atom is -0.162 e. The Morgan fingerprint density at radius 2 is 1.83 bits per heavy atom. The van der Waals surface area contributed by atoms with Crippen molar-refractivity contribution in [3.8, 4) is 0 Å². The summed E-state index contributed by atoms with van der Waals surface area (Å²) < 4.78 is -0.319. The smallest absolute Gasteiger partial charge is 0.0550 e. The molecule has 0 aliphatic rings. The van der Waals surface area contributed by atoms with Crippen LogP contribution in [0.2, 0.25) is 0 Å². The Hall–Kier alpha value is 0.700. The van der Waals surface area contributed by atoms with E-state index in [1.54, 1.807) is 0 Å². The van der Waals surface area contributed by atoms with Crippen molar-refractivity contribution in [2.24, 2.45) is 0 Å². The van der Waals surface area contributed by atoms with Gasteiger partial charge in [0, 0.05) is 0 Å². The zero-order chi connectivity index (χ0) is 5.21. The standard InChI is InChI=1S/C4H9S2/c1-3-4(2,5)6/h5-6H,2-3H2,1H3. The molecule has 0 saturated heterocycles. The second-order valence-corrected chi connectivity index (χ2v) is 3.40. The maximum absolute atomic E-state index is 4.01. The van der Waals surface area contributed by atoms with Gasteiger partial charge in [-0.1, -0.05) is 6.92 Å². The summed E-state index contributed by atoms with van der Waals surface area (Å²) in [4.78, 5) is 0. The van der Waals surface area contributed by atoms with Gasteiger partial charge in [0.2, 0.25) is 0 Å². The molecule has 0 spiro atoms. The summed E-state index contributed by atoms with van der Waals surface area (Å²) in [6, 6.07) is 0. The van der Waals surface area contributed by atoms with Crippen molar-refractivity contribution in [2.45, 2.75) is 17.4 Å². The van der Waals surface area contributed by atoms with E-state index in [0.717, 1.165) is 6.42 Å². The SMILES string of the molecule is [CH2]C(S)(S)CC. The van der Waals surface area contributed by atoms with Crippen LogP contribution in [0.1, 0.15) is 13.3 Å². The van der Waals surface area contributed by atoms with Gasteiger partial charge in [0.1, 0.15) is 0 Å². The third kappa shape index (κ3) is 4.70. The van der Waals surface area contributed by atoms with Crippen LogP contribution < -0.4 is 0 Å². The number of hydrogen-bond acceptors (Lipinski definition) is 2. The number of hydrogen-bond donors (Lipinski definition) is 2. The van der Waals surface area contributed by atoms with Gasteiger partial charge < -0.3 is 0 Å². The molecule has 0 amide bonds. The fraction of sp³-hybridized carbons (Fsp3) is 0.750. The molecule has 0 aliphatic carbocycles. The third-order valence-electron chi connectivity index (χ3n) is 0.566. The Labute approximate surface area is 50.1 Å². The first-order valence-electron chi connectivity index (χ1n) is 1.86. The van der Waals surface area contributed by atoms with E-state index >= 15 is 0 Å². The zero-order valence-corrected chi connectivity index (χ0v) is 5.60. The highest BCUT2D eigenvalue weighted by atomic mass is 32.2. The average molecular weight is 121 g/mol. The summed E-state index contributed by atoms with van der Waals surface area (Å²) in [5, 5.41) is 0. The first-order chi connectivity index (χ1) is 2.56. The van der Waals surface area contributed by atoms with E-state index in [-0.39, 0.29) is 4.08 Å². The average Bonchev–Trinajstić information content (AvgIpc) is 1.35. The summed E-state index contributed by atoms with van der Waals surface area (Å²) in [7, 11) is 0. The normalized spacial score (nSPS) is 12.0. The van der Waals surface area contributed by atoms with Crippen LogP contribution in [0.4, 0.5) is 0 Å². The fourth-order valence-corrected chi connectivity index (χ4v) is 0. The molecule has 37 valence electrons. The van der Waals surface area contributed by atoms with Gasteiger partial charge in [-0.2, -0.15) is 25.3 Å². The van der Waals surface area contributed by atoms with Crippen molar-refractivity contribution in [3.63, 3.8) is 0 Å². The monoisotopic (exact) mass is 121 g/mol. The zero-order valence-electron chi connectivity index (χ0n) is 3.81. The highest BCUT2D eigenvalue weighted by molar-refractivity contribution is 8.00. The van der Waals surface area contributed by atoms with Gasteiger partial charge in [-0.25, -0.2) is 0 Å². The van der Waals surface area contributed by atoms with E-state index < -0.39 is 0 Å². The highest BCUT2D eigenvalue weighted by Crippen LogP contribution is 2.20. The van der Waals surface area contributed by atoms with Crippen LogP contribution in [0.5, 0.6) is 0 Å². The Bertz CT molecular complexity index is 35.3. The van der Waals surface area contributed by atoms with Gasteiger partial charge in [-0.15, -0.1) is 0 Å². The second-order valence-electron chi connectivity index (χ2n) is 1.34. The second kappa shape index (κ2) is 2.12. The molecule has 0 aromatic heterocycles. The van der Waals surface area contributed by atoms with Crippen LogP contribution in [-0.4, -0.2) is 4.08 Å². The summed E-state index contributed by atoms with van der Waals surface area (Å²) >= 11 is 8.02. The van der Waals surface area contributed by atoms with Crippen LogP contribution in [0.25, 0.3) is 0 Å². The van der Waals surface area contributed by atoms with Crippen LogP contribution >= 0.6 is 25.3 Å². The molecular weight excluding hydrogens is 112 g/mol. The fourth-order valence-electron chi connectivity index (χ4n) is 0. The van der Waals surface area contributed by atoms with E-state index in [2.05, 4.69) is 32.2 Å². The quantitative estimate of drug-likeness (QED) is 0.383. The Kier molecular flexibility index (Phi) is 2.37. The maximum Gasteiger partial charge on any atom is 0.0550 e. The van der Waals surface area contributed by atoms with Crippen LogP contribution in [0, 0.1) is 6.92 Å². The molecule has 1 radical (unpaired) electrons. The lowest BCUT2D eigenvalue weighted by atomic mass is 10.4.